The Labute approximate surface area is 219 Å². The van der Waals surface area contributed by atoms with E-state index in [1.165, 1.54) is 33.2 Å². The van der Waals surface area contributed by atoms with Crippen LogP contribution in [0.15, 0.2) is 43.0 Å². The van der Waals surface area contributed by atoms with Gasteiger partial charge in [-0.25, -0.2) is 14.4 Å². The van der Waals surface area contributed by atoms with Gasteiger partial charge in [0.25, 0.3) is 11.8 Å². The Balaban J connectivity index is 2.02. The number of likely N-dealkylation sites (tertiary alicyclic amines) is 1. The first-order chi connectivity index (χ1) is 18.0. The Kier molecular flexibility index (Phi) is 8.72. The first-order valence-corrected chi connectivity index (χ1v) is 11.7. The van der Waals surface area contributed by atoms with E-state index in [-0.39, 0.29) is 24.3 Å². The van der Waals surface area contributed by atoms with Crippen LogP contribution >= 0.6 is 0 Å². The number of anilines is 1. The van der Waals surface area contributed by atoms with Crippen molar-refractivity contribution in [2.75, 3.05) is 24.5 Å². The van der Waals surface area contributed by atoms with Crippen molar-refractivity contribution in [3.05, 3.63) is 48.5 Å². The molecule has 1 fully saturated rings. The topological polar surface area (TPSA) is 87.7 Å². The van der Waals surface area contributed by atoms with Crippen LogP contribution < -0.4 is 15.0 Å². The summed E-state index contributed by atoms with van der Waals surface area (Å²) < 4.78 is 95.0. The normalized spacial score (nSPS) is 17.2. The van der Waals surface area contributed by atoms with Gasteiger partial charge in [-0.3, -0.25) is 19.4 Å². The highest BCUT2D eigenvalue weighted by molar-refractivity contribution is 6.05. The number of rotatable bonds is 9. The highest BCUT2D eigenvalue weighted by Gasteiger charge is 2.49. The van der Waals surface area contributed by atoms with Crippen LogP contribution in [0.3, 0.4) is 0 Å². The average molecular weight is 565 g/mol. The minimum atomic E-state index is -4.99. The van der Waals surface area contributed by atoms with Crippen LogP contribution in [0.25, 0.3) is 0 Å². The average Bonchev–Trinajstić information content (AvgIpc) is 2.81. The summed E-state index contributed by atoms with van der Waals surface area (Å²) >= 11 is 0. The number of nitrogens with zero attached hydrogens (tertiary/aromatic N) is 4. The molecule has 15 heteroatoms. The molecule has 1 aromatic carbocycles. The van der Waals surface area contributed by atoms with Crippen molar-refractivity contribution >= 4 is 17.5 Å². The maximum atomic E-state index is 15.2. The molecule has 0 unspecified atom stereocenters. The Hall–Kier alpha value is -3.49. The molecule has 2 amide bonds. The minimum Gasteiger partial charge on any atom is -0.406 e. The number of carbonyl (C=O) groups excluding carboxylic acids is 2. The van der Waals surface area contributed by atoms with Gasteiger partial charge in [-0.15, -0.1) is 13.2 Å². The molecule has 1 aliphatic heterocycles. The summed E-state index contributed by atoms with van der Waals surface area (Å²) in [5.41, 5.74) is -2.19. The third-order valence-corrected chi connectivity index (χ3v) is 6.08. The molecular formula is C24H26F7N5O3. The number of amides is 2. The molecule has 2 aromatic rings. The molecule has 0 spiro atoms. The summed E-state index contributed by atoms with van der Waals surface area (Å²) in [5, 5.41) is 2.59. The molecule has 0 radical (unpaired) electrons. The summed E-state index contributed by atoms with van der Waals surface area (Å²) in [6, 6.07) is 3.18. The SMILES string of the molecule is CC(C)[C@@H](F)C(=O)N(c1ccc(OC(F)(F)F)cc1)[C@](C)(C(=O)NC1CN(CC(F)(F)F)C1)c1cncnc1. The van der Waals surface area contributed by atoms with Crippen molar-refractivity contribution in [1.82, 2.24) is 20.2 Å². The Morgan fingerprint density at radius 3 is 2.13 bits per heavy atom. The van der Waals surface area contributed by atoms with E-state index >= 15 is 4.39 Å². The summed E-state index contributed by atoms with van der Waals surface area (Å²) in [5.74, 6) is -3.51. The second-order valence-corrected chi connectivity index (χ2v) is 9.54. The van der Waals surface area contributed by atoms with Gasteiger partial charge in [0.15, 0.2) is 11.7 Å². The lowest BCUT2D eigenvalue weighted by atomic mass is 9.88. The number of alkyl halides is 7. The second-order valence-electron chi connectivity index (χ2n) is 9.54. The van der Waals surface area contributed by atoms with Crippen molar-refractivity contribution in [3.8, 4) is 5.75 Å². The van der Waals surface area contributed by atoms with Crippen LogP contribution in [0.1, 0.15) is 26.3 Å². The molecule has 1 saturated heterocycles. The monoisotopic (exact) mass is 565 g/mol. The predicted molar refractivity (Wildman–Crippen MR) is 124 cm³/mol. The molecule has 1 aliphatic rings. The van der Waals surface area contributed by atoms with Crippen LogP contribution in [0.2, 0.25) is 0 Å². The second kappa shape index (κ2) is 11.3. The smallest absolute Gasteiger partial charge is 0.406 e. The number of hydrogen-bond acceptors (Lipinski definition) is 6. The van der Waals surface area contributed by atoms with Crippen molar-refractivity contribution < 1.29 is 45.1 Å². The number of benzene rings is 1. The number of nitrogens with one attached hydrogen (secondary N) is 1. The predicted octanol–water partition coefficient (Wildman–Crippen LogP) is 3.98. The molecular weight excluding hydrogens is 539 g/mol. The van der Waals surface area contributed by atoms with Gasteiger partial charge < -0.3 is 10.1 Å². The molecule has 3 rings (SSSR count). The quantitative estimate of drug-likeness (QED) is 0.463. The van der Waals surface area contributed by atoms with E-state index < -0.39 is 60.3 Å². The molecule has 2 atom stereocenters. The Bertz CT molecular complexity index is 1140. The number of halogens is 7. The fourth-order valence-electron chi connectivity index (χ4n) is 4.09. The van der Waals surface area contributed by atoms with Gasteiger partial charge in [0.2, 0.25) is 0 Å². The maximum Gasteiger partial charge on any atom is 0.573 e. The van der Waals surface area contributed by atoms with E-state index in [4.69, 9.17) is 0 Å². The summed E-state index contributed by atoms with van der Waals surface area (Å²) in [4.78, 5) is 36.8. The highest BCUT2D eigenvalue weighted by Crippen LogP contribution is 2.37. The van der Waals surface area contributed by atoms with Gasteiger partial charge in [-0.1, -0.05) is 13.8 Å². The van der Waals surface area contributed by atoms with E-state index in [1.54, 1.807) is 0 Å². The highest BCUT2D eigenvalue weighted by atomic mass is 19.4. The van der Waals surface area contributed by atoms with Crippen LogP contribution in [0.4, 0.5) is 36.4 Å². The molecule has 0 saturated carbocycles. The zero-order valence-electron chi connectivity index (χ0n) is 21.1. The number of carbonyl (C=O) groups is 2. The van der Waals surface area contributed by atoms with Gasteiger partial charge in [0, 0.05) is 36.7 Å². The zero-order chi connectivity index (χ0) is 29.2. The van der Waals surface area contributed by atoms with Crippen LogP contribution in [-0.2, 0) is 15.1 Å². The number of ether oxygens (including phenoxy) is 1. The first-order valence-electron chi connectivity index (χ1n) is 11.7. The number of aromatic nitrogens is 2. The van der Waals surface area contributed by atoms with E-state index in [9.17, 15) is 35.9 Å². The van der Waals surface area contributed by atoms with Crippen molar-refractivity contribution in [3.63, 3.8) is 0 Å². The van der Waals surface area contributed by atoms with Gasteiger partial charge in [-0.2, -0.15) is 13.2 Å². The number of hydrogen-bond donors (Lipinski definition) is 1. The summed E-state index contributed by atoms with van der Waals surface area (Å²) in [6.45, 7) is 2.70. The first kappa shape index (κ1) is 30.1. The zero-order valence-corrected chi connectivity index (χ0v) is 21.1. The molecule has 1 aromatic heterocycles. The third kappa shape index (κ3) is 7.34. The minimum absolute atomic E-state index is 0.0221. The third-order valence-electron chi connectivity index (χ3n) is 6.08. The fraction of sp³-hybridized carbons (Fsp3) is 0.500. The molecule has 1 N–H and O–H groups in total. The standard InChI is InChI=1S/C24H26F7N5O3/c1-14(2)19(25)20(37)36(17-4-6-18(7-5-17)39-24(29,30)31)22(3,15-8-32-13-33-9-15)21(38)34-16-10-35(11-16)12-23(26,27)28/h4-9,13-14,16,19H,10-12H2,1-3H3,(H,34,38)/t19-,22+/m1/s1. The Morgan fingerprint density at radius 2 is 1.64 bits per heavy atom. The van der Waals surface area contributed by atoms with Crippen LogP contribution in [-0.4, -0.2) is 71.1 Å². The fourth-order valence-corrected chi connectivity index (χ4v) is 4.09. The molecule has 39 heavy (non-hydrogen) atoms. The van der Waals surface area contributed by atoms with Crippen molar-refractivity contribution in [2.24, 2.45) is 5.92 Å². The van der Waals surface area contributed by atoms with Gasteiger partial charge in [0.1, 0.15) is 12.1 Å². The largest absolute Gasteiger partial charge is 0.573 e. The van der Waals surface area contributed by atoms with E-state index in [0.29, 0.717) is 0 Å². The van der Waals surface area contributed by atoms with Crippen LogP contribution in [0.5, 0.6) is 5.75 Å². The van der Waals surface area contributed by atoms with E-state index in [1.807, 2.05) is 0 Å². The van der Waals surface area contributed by atoms with Gasteiger partial charge >= 0.3 is 12.5 Å². The molecule has 214 valence electrons. The molecule has 0 aliphatic carbocycles. The Morgan fingerprint density at radius 1 is 1.08 bits per heavy atom. The lowest BCUT2D eigenvalue weighted by Crippen LogP contribution is -2.66. The van der Waals surface area contributed by atoms with E-state index in [0.717, 1.165) is 40.4 Å². The molecule has 0 bridgehead atoms. The lowest BCUT2D eigenvalue weighted by Gasteiger charge is -2.44. The van der Waals surface area contributed by atoms with Gasteiger partial charge in [0.05, 0.1) is 12.6 Å². The van der Waals surface area contributed by atoms with E-state index in [2.05, 4.69) is 20.0 Å². The maximum absolute atomic E-state index is 15.2. The van der Waals surface area contributed by atoms with Crippen LogP contribution in [0, 0.1) is 5.92 Å². The molecule has 2 heterocycles. The lowest BCUT2D eigenvalue weighted by molar-refractivity contribution is -0.274. The summed E-state index contributed by atoms with van der Waals surface area (Å²) in [6.07, 6.45) is -8.00. The summed E-state index contributed by atoms with van der Waals surface area (Å²) in [7, 11) is 0. The van der Waals surface area contributed by atoms with Gasteiger partial charge in [-0.05, 0) is 37.1 Å². The van der Waals surface area contributed by atoms with Crippen molar-refractivity contribution in [1.29, 1.82) is 0 Å². The van der Waals surface area contributed by atoms with Crippen molar-refractivity contribution in [2.45, 2.75) is 51.1 Å². The molecule has 8 nitrogen and oxygen atoms in total.